The van der Waals surface area contributed by atoms with Gasteiger partial charge in [0.25, 0.3) is 0 Å². The second kappa shape index (κ2) is 7.10. The van der Waals surface area contributed by atoms with Crippen molar-refractivity contribution in [3.05, 3.63) is 35.6 Å². The Morgan fingerprint density at radius 3 is 3.00 bits per heavy atom. The summed E-state index contributed by atoms with van der Waals surface area (Å²) < 4.78 is 18.8. The van der Waals surface area contributed by atoms with Crippen LogP contribution < -0.4 is 0 Å². The molecule has 1 nitrogen and oxygen atoms in total. The van der Waals surface area contributed by atoms with E-state index in [0.29, 0.717) is 12.0 Å². The predicted molar refractivity (Wildman–Crippen MR) is 72.7 cm³/mol. The second-order valence-corrected chi connectivity index (χ2v) is 5.28. The first-order valence-corrected chi connectivity index (χ1v) is 7.26. The Morgan fingerprint density at radius 2 is 2.33 bits per heavy atom. The van der Waals surface area contributed by atoms with E-state index in [1.807, 2.05) is 6.07 Å². The third kappa shape index (κ3) is 3.96. The highest BCUT2D eigenvalue weighted by Gasteiger charge is 2.17. The fraction of sp³-hybridized carbons (Fsp3) is 0.600. The first kappa shape index (κ1) is 13.8. The Kier molecular flexibility index (Phi) is 5.45. The summed E-state index contributed by atoms with van der Waals surface area (Å²) in [6.45, 7) is 0.910. The molecule has 100 valence electrons. The topological polar surface area (TPSA) is 9.23 Å². The van der Waals surface area contributed by atoms with Crippen molar-refractivity contribution in [2.45, 2.75) is 44.1 Å². The molecule has 18 heavy (non-hydrogen) atoms. The van der Waals surface area contributed by atoms with Gasteiger partial charge >= 0.3 is 0 Å². The van der Waals surface area contributed by atoms with E-state index in [1.54, 1.807) is 12.1 Å². The third-order valence-corrected chi connectivity index (χ3v) is 3.98. The van der Waals surface area contributed by atoms with Gasteiger partial charge in [-0.1, -0.05) is 18.6 Å². The number of hydrogen-bond acceptors (Lipinski definition) is 1. The van der Waals surface area contributed by atoms with Crippen molar-refractivity contribution >= 4 is 11.6 Å². The van der Waals surface area contributed by atoms with Gasteiger partial charge < -0.3 is 4.74 Å². The summed E-state index contributed by atoms with van der Waals surface area (Å²) >= 11 is 6.00. The lowest BCUT2D eigenvalue weighted by Gasteiger charge is -2.16. The van der Waals surface area contributed by atoms with Crippen molar-refractivity contribution in [3.8, 4) is 0 Å². The molecule has 3 heteroatoms. The Balaban J connectivity index is 1.81. The van der Waals surface area contributed by atoms with Gasteiger partial charge in [-0.05, 0) is 49.3 Å². The molecule has 0 aromatic heterocycles. The zero-order chi connectivity index (χ0) is 12.8. The van der Waals surface area contributed by atoms with E-state index in [-0.39, 0.29) is 11.7 Å². The molecule has 1 fully saturated rings. The molecule has 2 atom stereocenters. The summed E-state index contributed by atoms with van der Waals surface area (Å²) in [4.78, 5) is 0. The number of benzene rings is 1. The van der Waals surface area contributed by atoms with Gasteiger partial charge in [0.1, 0.15) is 5.82 Å². The van der Waals surface area contributed by atoms with Crippen LogP contribution in [0.1, 0.15) is 43.6 Å². The zero-order valence-electron chi connectivity index (χ0n) is 10.6. The van der Waals surface area contributed by atoms with E-state index < -0.39 is 0 Å². The minimum absolute atomic E-state index is 0.179. The molecule has 0 spiro atoms. The number of hydrogen-bond donors (Lipinski definition) is 0. The molecule has 0 bridgehead atoms. The van der Waals surface area contributed by atoms with Gasteiger partial charge in [-0.25, -0.2) is 4.39 Å². The fourth-order valence-electron chi connectivity index (χ4n) is 2.56. The molecule has 1 aliphatic heterocycles. The molecular formula is C15H20ClFO. The van der Waals surface area contributed by atoms with Crippen LogP contribution in [0.25, 0.3) is 0 Å². The van der Waals surface area contributed by atoms with Gasteiger partial charge in [-0.15, -0.1) is 11.6 Å². The molecule has 0 radical (unpaired) electrons. The summed E-state index contributed by atoms with van der Waals surface area (Å²) in [6.07, 6.45) is 6.01. The van der Waals surface area contributed by atoms with Gasteiger partial charge in [-0.3, -0.25) is 0 Å². The molecule has 1 heterocycles. The Hall–Kier alpha value is -0.600. The lowest BCUT2D eigenvalue weighted by molar-refractivity contribution is 0.102. The fourth-order valence-corrected chi connectivity index (χ4v) is 2.89. The Morgan fingerprint density at radius 1 is 1.44 bits per heavy atom. The largest absolute Gasteiger partial charge is 0.378 e. The lowest BCUT2D eigenvalue weighted by atomic mass is 9.94. The smallest absolute Gasteiger partial charge is 0.123 e. The van der Waals surface area contributed by atoms with Crippen LogP contribution in [0.3, 0.4) is 0 Å². The first-order valence-electron chi connectivity index (χ1n) is 6.72. The van der Waals surface area contributed by atoms with Crippen molar-refractivity contribution in [2.24, 2.45) is 0 Å². The average molecular weight is 271 g/mol. The molecule has 1 aliphatic rings. The second-order valence-electron chi connectivity index (χ2n) is 4.97. The number of ether oxygens (including phenoxy) is 1. The van der Waals surface area contributed by atoms with Crippen molar-refractivity contribution in [1.82, 2.24) is 0 Å². The van der Waals surface area contributed by atoms with Gasteiger partial charge in [0.15, 0.2) is 0 Å². The maximum absolute atomic E-state index is 13.2. The summed E-state index contributed by atoms with van der Waals surface area (Å²) in [7, 11) is 0. The number of alkyl halides is 1. The Bertz CT molecular complexity index is 363. The highest BCUT2D eigenvalue weighted by atomic mass is 35.5. The van der Waals surface area contributed by atoms with Crippen LogP contribution in [0.15, 0.2) is 24.3 Å². The quantitative estimate of drug-likeness (QED) is 0.692. The molecule has 0 N–H and O–H groups in total. The van der Waals surface area contributed by atoms with Crippen LogP contribution in [-0.4, -0.2) is 18.6 Å². The minimum Gasteiger partial charge on any atom is -0.378 e. The van der Waals surface area contributed by atoms with Crippen LogP contribution in [0, 0.1) is 5.82 Å². The molecule has 0 amide bonds. The molecule has 2 rings (SSSR count). The van der Waals surface area contributed by atoms with Crippen LogP contribution in [0.4, 0.5) is 4.39 Å². The first-order chi connectivity index (χ1) is 8.79. The third-order valence-electron chi connectivity index (χ3n) is 3.61. The maximum Gasteiger partial charge on any atom is 0.123 e. The summed E-state index contributed by atoms with van der Waals surface area (Å²) in [5, 5.41) is 0. The van der Waals surface area contributed by atoms with E-state index in [0.717, 1.165) is 31.4 Å². The molecule has 1 aromatic rings. The predicted octanol–water partition coefficient (Wildman–Crippen LogP) is 4.50. The van der Waals surface area contributed by atoms with Crippen molar-refractivity contribution in [3.63, 3.8) is 0 Å². The Labute approximate surface area is 113 Å². The van der Waals surface area contributed by atoms with E-state index in [4.69, 9.17) is 16.3 Å². The van der Waals surface area contributed by atoms with Gasteiger partial charge in [0, 0.05) is 12.5 Å². The molecular weight excluding hydrogens is 251 g/mol. The normalized spacial score (nSPS) is 21.1. The van der Waals surface area contributed by atoms with Crippen LogP contribution in [0.2, 0.25) is 0 Å². The zero-order valence-corrected chi connectivity index (χ0v) is 11.3. The van der Waals surface area contributed by atoms with E-state index in [9.17, 15) is 4.39 Å². The number of halogens is 2. The molecule has 0 aliphatic carbocycles. The van der Waals surface area contributed by atoms with Crippen molar-refractivity contribution in [1.29, 1.82) is 0 Å². The van der Waals surface area contributed by atoms with Gasteiger partial charge in [-0.2, -0.15) is 0 Å². The summed E-state index contributed by atoms with van der Waals surface area (Å²) in [5.41, 5.74) is 1.01. The van der Waals surface area contributed by atoms with E-state index >= 15 is 0 Å². The highest BCUT2D eigenvalue weighted by molar-refractivity contribution is 6.18. The highest BCUT2D eigenvalue weighted by Crippen LogP contribution is 2.26. The van der Waals surface area contributed by atoms with Gasteiger partial charge in [0.2, 0.25) is 0 Å². The SMILES string of the molecule is Fc1cccc(C(CCl)CCCC2CCCO2)c1. The van der Waals surface area contributed by atoms with Crippen LogP contribution in [0.5, 0.6) is 0 Å². The molecule has 0 saturated carbocycles. The number of rotatable bonds is 6. The van der Waals surface area contributed by atoms with E-state index in [1.165, 1.54) is 18.9 Å². The monoisotopic (exact) mass is 270 g/mol. The van der Waals surface area contributed by atoms with E-state index in [2.05, 4.69) is 0 Å². The van der Waals surface area contributed by atoms with Gasteiger partial charge in [0.05, 0.1) is 6.10 Å². The summed E-state index contributed by atoms with van der Waals surface area (Å²) in [5.74, 6) is 0.625. The minimum atomic E-state index is -0.179. The lowest BCUT2D eigenvalue weighted by Crippen LogP contribution is -2.07. The molecule has 1 saturated heterocycles. The average Bonchev–Trinajstić information content (AvgIpc) is 2.88. The summed E-state index contributed by atoms with van der Waals surface area (Å²) in [6, 6.07) is 6.78. The van der Waals surface area contributed by atoms with Crippen LogP contribution in [-0.2, 0) is 4.74 Å². The molecule has 1 aromatic carbocycles. The van der Waals surface area contributed by atoms with Crippen molar-refractivity contribution in [2.75, 3.05) is 12.5 Å². The maximum atomic E-state index is 13.2. The van der Waals surface area contributed by atoms with Crippen molar-refractivity contribution < 1.29 is 9.13 Å². The standard InChI is InChI=1S/C15H20ClFO/c16-11-13(12-4-1-6-14(17)10-12)5-2-7-15-8-3-9-18-15/h1,4,6,10,13,15H,2-3,5,7-9,11H2. The van der Waals surface area contributed by atoms with Crippen LogP contribution >= 0.6 is 11.6 Å². The molecule has 2 unspecified atom stereocenters.